The number of rotatable bonds is 8. The molecule has 0 aromatic heterocycles. The Morgan fingerprint density at radius 1 is 0.964 bits per heavy atom. The number of likely N-dealkylation sites (tertiary alicyclic amines) is 1. The van der Waals surface area contributed by atoms with Gasteiger partial charge in [0.25, 0.3) is 5.91 Å². The third-order valence-electron chi connectivity index (χ3n) is 6.23. The molecule has 158 valence electrons. The van der Waals surface area contributed by atoms with Gasteiger partial charge < -0.3 is 14.7 Å². The van der Waals surface area contributed by atoms with Crippen LogP contribution >= 0.6 is 0 Å². The molecule has 3 rings (SSSR count). The van der Waals surface area contributed by atoms with Gasteiger partial charge in [-0.25, -0.2) is 9.79 Å². The fourth-order valence-corrected chi connectivity index (χ4v) is 4.52. The lowest BCUT2D eigenvalue weighted by molar-refractivity contribution is -0.127. The monoisotopic (exact) mass is 391 g/mol. The van der Waals surface area contributed by atoms with Crippen LogP contribution < -0.4 is 5.32 Å². The number of imide groups is 1. The first-order valence-corrected chi connectivity index (χ1v) is 11.3. The maximum atomic E-state index is 12.7. The van der Waals surface area contributed by atoms with Gasteiger partial charge in [-0.2, -0.15) is 0 Å². The molecular weight excluding hydrogens is 354 g/mol. The lowest BCUT2D eigenvalue weighted by atomic mass is 10.1. The van der Waals surface area contributed by atoms with E-state index < -0.39 is 6.17 Å². The lowest BCUT2D eigenvalue weighted by Crippen LogP contribution is -2.64. The molecule has 3 aliphatic heterocycles. The molecule has 0 saturated carbocycles. The number of hydrogen-bond donors (Lipinski definition) is 1. The minimum absolute atomic E-state index is 0.204. The Bertz CT molecular complexity index is 571. The van der Waals surface area contributed by atoms with Gasteiger partial charge in [0.1, 0.15) is 0 Å². The van der Waals surface area contributed by atoms with Crippen molar-refractivity contribution >= 4 is 17.9 Å². The van der Waals surface area contributed by atoms with Gasteiger partial charge in [-0.05, 0) is 19.3 Å². The fourth-order valence-electron chi connectivity index (χ4n) is 4.52. The highest BCUT2D eigenvalue weighted by atomic mass is 16.2. The van der Waals surface area contributed by atoms with Crippen molar-refractivity contribution in [2.24, 2.45) is 4.99 Å². The van der Waals surface area contributed by atoms with Crippen molar-refractivity contribution in [1.82, 2.24) is 20.0 Å². The molecule has 0 aromatic carbocycles. The summed E-state index contributed by atoms with van der Waals surface area (Å²) in [6, 6.07) is -0.732. The molecule has 3 aliphatic rings. The Labute approximate surface area is 169 Å². The van der Waals surface area contributed by atoms with Crippen LogP contribution in [0, 0.1) is 0 Å². The Balaban J connectivity index is 1.65. The van der Waals surface area contributed by atoms with E-state index in [9.17, 15) is 9.59 Å². The zero-order valence-corrected chi connectivity index (χ0v) is 17.7. The molecule has 28 heavy (non-hydrogen) atoms. The third-order valence-corrected chi connectivity index (χ3v) is 6.23. The highest BCUT2D eigenvalue weighted by molar-refractivity contribution is 6.03. The Morgan fingerprint density at radius 3 is 2.29 bits per heavy atom. The van der Waals surface area contributed by atoms with Crippen molar-refractivity contribution in [3.63, 3.8) is 0 Å². The van der Waals surface area contributed by atoms with E-state index in [-0.39, 0.29) is 18.0 Å². The summed E-state index contributed by atoms with van der Waals surface area (Å²) in [5.41, 5.74) is 0. The second-order valence-electron chi connectivity index (χ2n) is 8.41. The van der Waals surface area contributed by atoms with Crippen molar-refractivity contribution in [2.45, 2.75) is 89.8 Å². The average Bonchev–Trinajstić information content (AvgIpc) is 2.86. The molecule has 7 nitrogen and oxygen atoms in total. The standard InChI is InChI=1S/C21H37N5O2/c1-3-4-5-6-7-8-13-16-26-17-18(24(2)21(28)23-19(17)27)22-20(26)25-14-11-9-10-12-15-25/h17-18H,3-16H2,1-2H3,(H,23,27,28). The van der Waals surface area contributed by atoms with Crippen LogP contribution in [-0.2, 0) is 4.79 Å². The predicted octanol–water partition coefficient (Wildman–Crippen LogP) is 3.16. The fraction of sp³-hybridized carbons (Fsp3) is 0.857. The second-order valence-corrected chi connectivity index (χ2v) is 8.41. The van der Waals surface area contributed by atoms with E-state index in [2.05, 4.69) is 22.0 Å². The molecule has 3 heterocycles. The van der Waals surface area contributed by atoms with Crippen LogP contribution in [0.5, 0.6) is 0 Å². The van der Waals surface area contributed by atoms with Crippen LogP contribution in [0.25, 0.3) is 0 Å². The number of guanidine groups is 1. The summed E-state index contributed by atoms with van der Waals surface area (Å²) in [6.45, 7) is 5.06. The molecule has 2 fully saturated rings. The van der Waals surface area contributed by atoms with Crippen LogP contribution in [-0.4, -0.2) is 71.5 Å². The van der Waals surface area contributed by atoms with Gasteiger partial charge in [0, 0.05) is 26.7 Å². The molecule has 0 bridgehead atoms. The molecular formula is C21H37N5O2. The number of urea groups is 1. The van der Waals surface area contributed by atoms with E-state index >= 15 is 0 Å². The minimum Gasteiger partial charge on any atom is -0.343 e. The number of amides is 3. The molecule has 0 spiro atoms. The Hall–Kier alpha value is -1.79. The second kappa shape index (κ2) is 10.1. The van der Waals surface area contributed by atoms with Gasteiger partial charge in [-0.1, -0.05) is 58.3 Å². The lowest BCUT2D eigenvalue weighted by Gasteiger charge is -2.37. The zero-order valence-electron chi connectivity index (χ0n) is 17.7. The zero-order chi connectivity index (χ0) is 19.9. The molecule has 1 N–H and O–H groups in total. The topological polar surface area (TPSA) is 68.2 Å². The van der Waals surface area contributed by atoms with Crippen LogP contribution in [0.3, 0.4) is 0 Å². The van der Waals surface area contributed by atoms with E-state index in [4.69, 9.17) is 4.99 Å². The van der Waals surface area contributed by atoms with Crippen molar-refractivity contribution in [3.8, 4) is 0 Å². The maximum absolute atomic E-state index is 12.7. The van der Waals surface area contributed by atoms with Gasteiger partial charge >= 0.3 is 6.03 Å². The number of carbonyl (C=O) groups excluding carboxylic acids is 2. The summed E-state index contributed by atoms with van der Waals surface area (Å²) in [4.78, 5) is 35.7. The summed E-state index contributed by atoms with van der Waals surface area (Å²) in [5.74, 6) is 0.726. The van der Waals surface area contributed by atoms with Gasteiger partial charge in [0.05, 0.1) is 0 Å². The van der Waals surface area contributed by atoms with Crippen LogP contribution in [0.1, 0.15) is 77.6 Å². The predicted molar refractivity (Wildman–Crippen MR) is 111 cm³/mol. The van der Waals surface area contributed by atoms with E-state index in [0.717, 1.165) is 32.0 Å². The van der Waals surface area contributed by atoms with Gasteiger partial charge in [-0.3, -0.25) is 10.1 Å². The van der Waals surface area contributed by atoms with Crippen molar-refractivity contribution in [2.75, 3.05) is 26.7 Å². The normalized spacial score (nSPS) is 25.5. The number of likely N-dealkylation sites (N-methyl/N-ethyl adjacent to an activating group) is 1. The minimum atomic E-state index is -0.399. The number of hydrogen-bond acceptors (Lipinski definition) is 5. The van der Waals surface area contributed by atoms with E-state index in [1.165, 1.54) is 64.2 Å². The molecule has 2 atom stereocenters. The molecule has 2 unspecified atom stereocenters. The van der Waals surface area contributed by atoms with Crippen LogP contribution in [0.4, 0.5) is 4.79 Å². The van der Waals surface area contributed by atoms with Crippen molar-refractivity contribution in [1.29, 1.82) is 0 Å². The van der Waals surface area contributed by atoms with Gasteiger partial charge in [0.2, 0.25) is 0 Å². The largest absolute Gasteiger partial charge is 0.343 e. The number of unbranched alkanes of at least 4 members (excludes halogenated alkanes) is 6. The highest BCUT2D eigenvalue weighted by Crippen LogP contribution is 2.27. The Morgan fingerprint density at radius 2 is 1.61 bits per heavy atom. The van der Waals surface area contributed by atoms with Crippen molar-refractivity contribution < 1.29 is 9.59 Å². The molecule has 3 amide bonds. The number of aliphatic imine (C=N–C) groups is 1. The van der Waals surface area contributed by atoms with Crippen molar-refractivity contribution in [3.05, 3.63) is 0 Å². The molecule has 7 heteroatoms. The van der Waals surface area contributed by atoms with E-state index in [1.54, 1.807) is 11.9 Å². The van der Waals surface area contributed by atoms with Gasteiger partial charge in [-0.15, -0.1) is 0 Å². The summed E-state index contributed by atoms with van der Waals surface area (Å²) < 4.78 is 0. The summed E-state index contributed by atoms with van der Waals surface area (Å²) >= 11 is 0. The van der Waals surface area contributed by atoms with E-state index in [0.29, 0.717) is 0 Å². The molecule has 0 radical (unpaired) electrons. The first-order chi connectivity index (χ1) is 13.6. The highest BCUT2D eigenvalue weighted by Gasteiger charge is 2.49. The molecule has 0 aromatic rings. The summed E-state index contributed by atoms with van der Waals surface area (Å²) in [5, 5.41) is 2.51. The molecule has 2 saturated heterocycles. The smallest absolute Gasteiger partial charge is 0.325 e. The quantitative estimate of drug-likeness (QED) is 0.646. The SMILES string of the molecule is CCCCCCCCCN1C(N2CCCCCC2)=NC2C1C(=O)NC(=O)N2C. The third kappa shape index (κ3) is 4.78. The summed E-state index contributed by atoms with van der Waals surface area (Å²) in [7, 11) is 1.74. The number of carbonyl (C=O) groups is 2. The Kier molecular flexibility index (Phi) is 7.57. The van der Waals surface area contributed by atoms with Gasteiger partial charge in [0.15, 0.2) is 18.2 Å². The first kappa shape index (κ1) is 20.9. The average molecular weight is 392 g/mol. The number of nitrogens with zero attached hydrogens (tertiary/aromatic N) is 4. The number of nitrogens with one attached hydrogen (secondary N) is 1. The van der Waals surface area contributed by atoms with Crippen LogP contribution in [0.15, 0.2) is 4.99 Å². The molecule has 0 aliphatic carbocycles. The maximum Gasteiger partial charge on any atom is 0.325 e. The summed E-state index contributed by atoms with van der Waals surface area (Å²) in [6.07, 6.45) is 13.2. The van der Waals surface area contributed by atoms with Crippen LogP contribution in [0.2, 0.25) is 0 Å². The first-order valence-electron chi connectivity index (χ1n) is 11.3. The number of fused-ring (bicyclic) bond motifs is 1. The van der Waals surface area contributed by atoms with E-state index in [1.807, 2.05) is 0 Å².